The number of hydrogen-bond acceptors (Lipinski definition) is 4. The molecule has 0 aliphatic rings. The minimum absolute atomic E-state index is 0.249. The molecule has 0 bridgehead atoms. The van der Waals surface area contributed by atoms with Gasteiger partial charge in [-0.2, -0.15) is 0 Å². The molecule has 0 radical (unpaired) electrons. The van der Waals surface area contributed by atoms with Crippen LogP contribution in [0.3, 0.4) is 0 Å². The van der Waals surface area contributed by atoms with Crippen LogP contribution in [-0.4, -0.2) is 40.7 Å². The van der Waals surface area contributed by atoms with Crippen LogP contribution in [0.1, 0.15) is 34.6 Å². The first-order valence-electron chi connectivity index (χ1n) is 6.53. The first-order chi connectivity index (χ1) is 8.73. The average molecular weight is 291 g/mol. The predicted molar refractivity (Wildman–Crippen MR) is 76.1 cm³/mol. The lowest BCUT2D eigenvalue weighted by Crippen LogP contribution is -2.44. The fourth-order valence-corrected chi connectivity index (χ4v) is 2.23. The highest BCUT2D eigenvalue weighted by Crippen LogP contribution is 2.27. The number of rotatable bonds is 7. The Balaban J connectivity index is 4.57. The smallest absolute Gasteiger partial charge is 0.319 e. The predicted octanol–water partition coefficient (Wildman–Crippen LogP) is 1.10. The van der Waals surface area contributed by atoms with Crippen LogP contribution < -0.4 is 5.32 Å². The van der Waals surface area contributed by atoms with Crippen LogP contribution in [0.4, 0.5) is 0 Å². The average Bonchev–Trinajstić information content (AvgIpc) is 2.27. The fraction of sp³-hybridized carbons (Fsp3) is 0.846. The van der Waals surface area contributed by atoms with E-state index in [1.54, 1.807) is 6.92 Å². The van der Waals surface area contributed by atoms with E-state index in [0.717, 1.165) is 0 Å². The first kappa shape index (κ1) is 18.1. The van der Waals surface area contributed by atoms with Gasteiger partial charge in [-0.15, -0.1) is 0 Å². The second-order valence-corrected chi connectivity index (χ2v) is 7.14. The molecule has 0 fully saturated rings. The van der Waals surface area contributed by atoms with Crippen LogP contribution in [0.25, 0.3) is 0 Å². The van der Waals surface area contributed by atoms with Crippen LogP contribution in [0.15, 0.2) is 0 Å². The summed E-state index contributed by atoms with van der Waals surface area (Å²) >= 11 is 0. The van der Waals surface area contributed by atoms with Gasteiger partial charge in [-0.3, -0.25) is 13.8 Å². The highest BCUT2D eigenvalue weighted by atomic mass is 32.2. The third kappa shape index (κ3) is 6.71. The van der Waals surface area contributed by atoms with Crippen LogP contribution in [0, 0.1) is 11.3 Å². The van der Waals surface area contributed by atoms with E-state index < -0.39 is 28.1 Å². The zero-order valence-corrected chi connectivity index (χ0v) is 13.3. The van der Waals surface area contributed by atoms with Crippen molar-refractivity contribution >= 4 is 22.7 Å². The van der Waals surface area contributed by atoms with Gasteiger partial charge in [0.1, 0.15) is 5.92 Å². The Morgan fingerprint density at radius 2 is 1.84 bits per heavy atom. The molecule has 0 rings (SSSR count). The largest absolute Gasteiger partial charge is 0.465 e. The maximum absolute atomic E-state index is 12.1. The highest BCUT2D eigenvalue weighted by molar-refractivity contribution is 7.84. The molecule has 0 saturated heterocycles. The lowest BCUT2D eigenvalue weighted by Gasteiger charge is -2.27. The summed E-state index contributed by atoms with van der Waals surface area (Å²) in [6, 6.07) is 0. The molecule has 112 valence electrons. The summed E-state index contributed by atoms with van der Waals surface area (Å²) in [7, 11) is -0.923. The normalized spacial score (nSPS) is 14.6. The molecule has 0 spiro atoms. The maximum atomic E-state index is 12.1. The molecule has 1 amide bonds. The van der Waals surface area contributed by atoms with Crippen molar-refractivity contribution < 1.29 is 18.5 Å². The monoisotopic (exact) mass is 291 g/mol. The summed E-state index contributed by atoms with van der Waals surface area (Å²) in [5, 5.41) is 2.66. The Hall–Kier alpha value is -0.910. The van der Waals surface area contributed by atoms with E-state index in [9.17, 15) is 13.8 Å². The van der Waals surface area contributed by atoms with Crippen molar-refractivity contribution in [3.8, 4) is 0 Å². The molecule has 2 unspecified atom stereocenters. The molecule has 0 aromatic heterocycles. The molecule has 0 aliphatic carbocycles. The van der Waals surface area contributed by atoms with Crippen molar-refractivity contribution in [1.82, 2.24) is 5.32 Å². The number of esters is 1. The summed E-state index contributed by atoms with van der Waals surface area (Å²) in [6.45, 7) is 9.55. The molecule has 0 heterocycles. The molecule has 19 heavy (non-hydrogen) atoms. The van der Waals surface area contributed by atoms with Crippen LogP contribution >= 0.6 is 0 Å². The summed E-state index contributed by atoms with van der Waals surface area (Å²) < 4.78 is 16.2. The molecular formula is C13H25NO4S. The number of ether oxygens (including phenoxy) is 1. The summed E-state index contributed by atoms with van der Waals surface area (Å²) in [4.78, 5) is 23.9. The van der Waals surface area contributed by atoms with Crippen molar-refractivity contribution in [3.05, 3.63) is 0 Å². The van der Waals surface area contributed by atoms with E-state index in [1.807, 2.05) is 27.7 Å². The highest BCUT2D eigenvalue weighted by Gasteiger charge is 2.38. The minimum Gasteiger partial charge on any atom is -0.465 e. The quantitative estimate of drug-likeness (QED) is 0.563. The van der Waals surface area contributed by atoms with Gasteiger partial charge in [-0.25, -0.2) is 0 Å². The summed E-state index contributed by atoms with van der Waals surface area (Å²) in [6.07, 6.45) is 0. The Kier molecular flexibility index (Phi) is 7.90. The van der Waals surface area contributed by atoms with E-state index in [2.05, 4.69) is 5.32 Å². The molecule has 0 aromatic rings. The van der Waals surface area contributed by atoms with Crippen molar-refractivity contribution in [3.63, 3.8) is 0 Å². The fourth-order valence-electron chi connectivity index (χ4n) is 1.61. The van der Waals surface area contributed by atoms with Gasteiger partial charge in [-0.05, 0) is 12.3 Å². The second-order valence-electron chi connectivity index (χ2n) is 5.27. The van der Waals surface area contributed by atoms with Gasteiger partial charge >= 0.3 is 5.97 Å². The lowest BCUT2D eigenvalue weighted by atomic mass is 9.80. The second kappa shape index (κ2) is 8.30. The number of nitrogens with one attached hydrogen (secondary N) is 1. The third-order valence-corrected chi connectivity index (χ3v) is 3.90. The Bertz CT molecular complexity index is 336. The van der Waals surface area contributed by atoms with E-state index in [4.69, 9.17) is 4.74 Å². The van der Waals surface area contributed by atoms with E-state index >= 15 is 0 Å². The third-order valence-electron chi connectivity index (χ3n) is 2.60. The lowest BCUT2D eigenvalue weighted by molar-refractivity contribution is -0.156. The number of amides is 1. The van der Waals surface area contributed by atoms with Crippen LogP contribution in [0.2, 0.25) is 0 Å². The topological polar surface area (TPSA) is 72.5 Å². The molecule has 0 aromatic carbocycles. The Morgan fingerprint density at radius 3 is 2.26 bits per heavy atom. The Labute approximate surface area is 117 Å². The summed E-state index contributed by atoms with van der Waals surface area (Å²) in [5.41, 5.74) is -0.514. The van der Waals surface area contributed by atoms with Gasteiger partial charge in [0.05, 0.1) is 6.61 Å². The van der Waals surface area contributed by atoms with Gasteiger partial charge in [-0.1, -0.05) is 27.7 Å². The van der Waals surface area contributed by atoms with Crippen LogP contribution in [0.5, 0.6) is 0 Å². The molecular weight excluding hydrogens is 266 g/mol. The van der Waals surface area contributed by atoms with Gasteiger partial charge in [0, 0.05) is 28.9 Å². The Morgan fingerprint density at radius 1 is 1.26 bits per heavy atom. The van der Waals surface area contributed by atoms with Crippen molar-refractivity contribution in [2.45, 2.75) is 34.6 Å². The van der Waals surface area contributed by atoms with Gasteiger partial charge < -0.3 is 10.1 Å². The summed E-state index contributed by atoms with van der Waals surface area (Å²) in [5.74, 6) is -0.746. The van der Waals surface area contributed by atoms with Gasteiger partial charge in [0.2, 0.25) is 5.91 Å². The molecule has 0 aliphatic heterocycles. The number of hydrogen-bond donors (Lipinski definition) is 1. The number of carbonyl (C=O) groups excluding carboxylic acids is 2. The first-order valence-corrected chi connectivity index (χ1v) is 8.02. The van der Waals surface area contributed by atoms with Gasteiger partial charge in [0.15, 0.2) is 0 Å². The van der Waals surface area contributed by atoms with Crippen molar-refractivity contribution in [2.24, 2.45) is 11.3 Å². The zero-order chi connectivity index (χ0) is 15.1. The van der Waals surface area contributed by atoms with E-state index in [-0.39, 0.29) is 12.5 Å². The van der Waals surface area contributed by atoms with E-state index in [1.165, 1.54) is 0 Å². The standard InChI is InChI=1S/C13H25NO4S/c1-6-18-12(16)10(13(3,4)5)11(15)14-8-9-19(17)7-2/h10H,6-9H2,1-5H3,(H,14,15). The maximum Gasteiger partial charge on any atom is 0.319 e. The van der Waals surface area contributed by atoms with E-state index in [0.29, 0.717) is 18.1 Å². The molecule has 5 nitrogen and oxygen atoms in total. The zero-order valence-electron chi connectivity index (χ0n) is 12.4. The molecule has 2 atom stereocenters. The molecule has 0 saturated carbocycles. The molecule has 6 heteroatoms. The van der Waals surface area contributed by atoms with Crippen molar-refractivity contribution in [2.75, 3.05) is 24.7 Å². The minimum atomic E-state index is -0.923. The van der Waals surface area contributed by atoms with Crippen molar-refractivity contribution in [1.29, 1.82) is 0 Å². The SMILES string of the molecule is CCOC(=O)C(C(=O)NCCS(=O)CC)C(C)(C)C. The van der Waals surface area contributed by atoms with Crippen LogP contribution in [-0.2, 0) is 25.1 Å². The number of carbonyl (C=O) groups is 2. The van der Waals surface area contributed by atoms with Gasteiger partial charge in [0.25, 0.3) is 0 Å². The molecule has 1 N–H and O–H groups in total.